The summed E-state index contributed by atoms with van der Waals surface area (Å²) in [5.74, 6) is 0.212. The van der Waals surface area contributed by atoms with Crippen LogP contribution in [0.4, 0.5) is 11.6 Å². The summed E-state index contributed by atoms with van der Waals surface area (Å²) in [5, 5.41) is 3.14. The molecule has 0 unspecified atom stereocenters. The topological polar surface area (TPSA) is 104 Å². The molecule has 1 aliphatic rings. The highest BCUT2D eigenvalue weighted by Gasteiger charge is 2.25. The first kappa shape index (κ1) is 17.7. The van der Waals surface area contributed by atoms with Gasteiger partial charge in [0.2, 0.25) is 17.8 Å². The number of carbonyl (C=O) groups is 2. The maximum Gasteiger partial charge on any atom is 0.248 e. The van der Waals surface area contributed by atoms with Crippen molar-refractivity contribution in [3.63, 3.8) is 0 Å². The van der Waals surface area contributed by atoms with Crippen molar-refractivity contribution in [2.24, 2.45) is 5.73 Å². The van der Waals surface area contributed by atoms with Crippen LogP contribution in [0.2, 0.25) is 0 Å². The molecule has 1 aliphatic heterocycles. The van der Waals surface area contributed by atoms with Gasteiger partial charge in [0.05, 0.1) is 0 Å². The number of rotatable bonds is 5. The van der Waals surface area contributed by atoms with Crippen LogP contribution < -0.4 is 16.0 Å². The zero-order valence-electron chi connectivity index (χ0n) is 14.6. The monoisotopic (exact) mass is 354 g/mol. The second-order valence-electron chi connectivity index (χ2n) is 6.17. The van der Waals surface area contributed by atoms with E-state index in [-0.39, 0.29) is 5.91 Å². The molecule has 1 fully saturated rings. The van der Waals surface area contributed by atoms with Crippen LogP contribution >= 0.6 is 0 Å². The molecule has 136 valence electrons. The molecular formula is C18H22N6O2. The molecule has 0 aliphatic carbocycles. The lowest BCUT2D eigenvalue weighted by atomic mass is 10.1. The van der Waals surface area contributed by atoms with E-state index in [1.165, 1.54) is 0 Å². The third-order valence-electron chi connectivity index (χ3n) is 4.33. The van der Waals surface area contributed by atoms with Crippen molar-refractivity contribution >= 4 is 23.5 Å². The number of amides is 2. The smallest absolute Gasteiger partial charge is 0.248 e. The van der Waals surface area contributed by atoms with Crippen LogP contribution in [-0.4, -0.2) is 58.9 Å². The predicted octanol–water partition coefficient (Wildman–Crippen LogP) is 0.725. The van der Waals surface area contributed by atoms with Crippen LogP contribution in [0.3, 0.4) is 0 Å². The van der Waals surface area contributed by atoms with E-state index in [4.69, 9.17) is 5.73 Å². The number of benzene rings is 1. The molecule has 1 saturated heterocycles. The number of nitrogens with two attached hydrogens (primary N) is 1. The molecule has 3 rings (SSSR count). The second-order valence-corrected chi connectivity index (χ2v) is 6.17. The van der Waals surface area contributed by atoms with Crippen molar-refractivity contribution in [2.75, 3.05) is 36.4 Å². The number of primary amides is 1. The Hall–Kier alpha value is -3.16. The highest BCUT2D eigenvalue weighted by molar-refractivity contribution is 5.94. The van der Waals surface area contributed by atoms with E-state index >= 15 is 0 Å². The van der Waals surface area contributed by atoms with E-state index in [9.17, 15) is 9.59 Å². The minimum atomic E-state index is -0.494. The number of piperazine rings is 1. The van der Waals surface area contributed by atoms with E-state index < -0.39 is 11.9 Å². The zero-order valence-corrected chi connectivity index (χ0v) is 14.6. The van der Waals surface area contributed by atoms with E-state index in [0.717, 1.165) is 0 Å². The molecule has 0 bridgehead atoms. The SMILES string of the molecule is C[C@H](Nc1cccc(C(N)=O)c1)C(=O)N1CCN(c2ncccn2)CC1. The lowest BCUT2D eigenvalue weighted by Crippen LogP contribution is -2.52. The number of anilines is 2. The Balaban J connectivity index is 1.56. The lowest BCUT2D eigenvalue weighted by Gasteiger charge is -2.36. The Bertz CT molecular complexity index is 774. The van der Waals surface area contributed by atoms with Crippen molar-refractivity contribution in [2.45, 2.75) is 13.0 Å². The van der Waals surface area contributed by atoms with Crippen LogP contribution in [0, 0.1) is 0 Å². The summed E-state index contributed by atoms with van der Waals surface area (Å²) in [7, 11) is 0. The summed E-state index contributed by atoms with van der Waals surface area (Å²) in [4.78, 5) is 36.3. The number of nitrogens with one attached hydrogen (secondary N) is 1. The number of hydrogen-bond donors (Lipinski definition) is 2. The molecule has 8 nitrogen and oxygen atoms in total. The summed E-state index contributed by atoms with van der Waals surface area (Å²) < 4.78 is 0. The maximum atomic E-state index is 12.7. The van der Waals surface area contributed by atoms with Crippen LogP contribution in [0.1, 0.15) is 17.3 Å². The van der Waals surface area contributed by atoms with Gasteiger partial charge in [0, 0.05) is 49.8 Å². The molecule has 1 aromatic carbocycles. The van der Waals surface area contributed by atoms with Crippen LogP contribution in [0.5, 0.6) is 0 Å². The van der Waals surface area contributed by atoms with Gasteiger partial charge in [-0.05, 0) is 31.2 Å². The van der Waals surface area contributed by atoms with Crippen LogP contribution in [-0.2, 0) is 4.79 Å². The highest BCUT2D eigenvalue weighted by atomic mass is 16.2. The molecule has 0 spiro atoms. The van der Waals surface area contributed by atoms with Gasteiger partial charge >= 0.3 is 0 Å². The average Bonchev–Trinajstić information content (AvgIpc) is 2.68. The third kappa shape index (κ3) is 4.08. The third-order valence-corrected chi connectivity index (χ3v) is 4.33. The molecule has 8 heteroatoms. The predicted molar refractivity (Wildman–Crippen MR) is 98.9 cm³/mol. The largest absolute Gasteiger partial charge is 0.374 e. The van der Waals surface area contributed by atoms with Crippen molar-refractivity contribution in [1.82, 2.24) is 14.9 Å². The van der Waals surface area contributed by atoms with Crippen LogP contribution in [0.15, 0.2) is 42.7 Å². The molecule has 2 heterocycles. The summed E-state index contributed by atoms with van der Waals surface area (Å²) in [6.07, 6.45) is 3.43. The summed E-state index contributed by atoms with van der Waals surface area (Å²) in [6, 6.07) is 8.21. The lowest BCUT2D eigenvalue weighted by molar-refractivity contribution is -0.131. The average molecular weight is 354 g/mol. The zero-order chi connectivity index (χ0) is 18.5. The van der Waals surface area contributed by atoms with Crippen molar-refractivity contribution in [1.29, 1.82) is 0 Å². The quantitative estimate of drug-likeness (QED) is 0.820. The first-order chi connectivity index (χ1) is 12.5. The fourth-order valence-corrected chi connectivity index (χ4v) is 2.93. The summed E-state index contributed by atoms with van der Waals surface area (Å²) in [5.41, 5.74) is 6.40. The first-order valence-corrected chi connectivity index (χ1v) is 8.52. The molecular weight excluding hydrogens is 332 g/mol. The molecule has 0 radical (unpaired) electrons. The van der Waals surface area contributed by atoms with Gasteiger partial charge in [0.25, 0.3) is 0 Å². The molecule has 2 aromatic rings. The Morgan fingerprint density at radius 3 is 2.46 bits per heavy atom. The van der Waals surface area contributed by atoms with Gasteiger partial charge < -0.3 is 20.9 Å². The minimum absolute atomic E-state index is 0.0168. The maximum absolute atomic E-state index is 12.7. The molecule has 0 saturated carbocycles. The fourth-order valence-electron chi connectivity index (χ4n) is 2.93. The van der Waals surface area contributed by atoms with Crippen LogP contribution in [0.25, 0.3) is 0 Å². The van der Waals surface area contributed by atoms with Crippen molar-refractivity contribution < 1.29 is 9.59 Å². The van der Waals surface area contributed by atoms with Gasteiger partial charge in [-0.25, -0.2) is 9.97 Å². The normalized spacial score (nSPS) is 15.4. The Labute approximate surface area is 152 Å². The summed E-state index contributed by atoms with van der Waals surface area (Å²) in [6.45, 7) is 4.43. The number of carbonyl (C=O) groups excluding carboxylic acids is 2. The number of nitrogens with zero attached hydrogens (tertiary/aromatic N) is 4. The van der Waals surface area contributed by atoms with Gasteiger partial charge in [0.15, 0.2) is 0 Å². The Morgan fingerprint density at radius 2 is 1.81 bits per heavy atom. The van der Waals surface area contributed by atoms with E-state index in [1.807, 2.05) is 11.8 Å². The number of aromatic nitrogens is 2. The fraction of sp³-hybridized carbons (Fsp3) is 0.333. The molecule has 2 amide bonds. The van der Waals surface area contributed by atoms with Crippen molar-refractivity contribution in [3.05, 3.63) is 48.3 Å². The first-order valence-electron chi connectivity index (χ1n) is 8.52. The second kappa shape index (κ2) is 7.81. The highest BCUT2D eigenvalue weighted by Crippen LogP contribution is 2.14. The van der Waals surface area contributed by atoms with Gasteiger partial charge in [-0.3, -0.25) is 9.59 Å². The molecule has 1 atom stereocenters. The van der Waals surface area contributed by atoms with E-state index in [0.29, 0.717) is 43.4 Å². The van der Waals surface area contributed by atoms with Gasteiger partial charge in [-0.1, -0.05) is 6.07 Å². The van der Waals surface area contributed by atoms with Crippen molar-refractivity contribution in [3.8, 4) is 0 Å². The van der Waals surface area contributed by atoms with Gasteiger partial charge in [0.1, 0.15) is 6.04 Å². The summed E-state index contributed by atoms with van der Waals surface area (Å²) >= 11 is 0. The van der Waals surface area contributed by atoms with Gasteiger partial charge in [-0.15, -0.1) is 0 Å². The standard InChI is InChI=1S/C18H22N6O2/c1-13(22-15-5-2-4-14(12-15)16(19)25)17(26)23-8-10-24(11-9-23)18-20-6-3-7-21-18/h2-7,12-13,22H,8-11H2,1H3,(H2,19,25)/t13-/m0/s1. The molecule has 1 aromatic heterocycles. The Morgan fingerprint density at radius 1 is 1.12 bits per heavy atom. The van der Waals surface area contributed by atoms with E-state index in [2.05, 4.69) is 20.2 Å². The van der Waals surface area contributed by atoms with E-state index in [1.54, 1.807) is 42.7 Å². The number of hydrogen-bond acceptors (Lipinski definition) is 6. The minimum Gasteiger partial charge on any atom is -0.374 e. The Kier molecular flexibility index (Phi) is 5.31. The molecule has 26 heavy (non-hydrogen) atoms. The molecule has 3 N–H and O–H groups in total. The van der Waals surface area contributed by atoms with Gasteiger partial charge in [-0.2, -0.15) is 0 Å².